The van der Waals surface area contributed by atoms with Gasteiger partial charge in [-0.3, -0.25) is 0 Å². The Morgan fingerprint density at radius 1 is 0.926 bits per heavy atom. The Morgan fingerprint density at radius 3 is 2.26 bits per heavy atom. The number of pyridine rings is 2. The van der Waals surface area contributed by atoms with Crippen LogP contribution in [0.5, 0.6) is 5.75 Å². The van der Waals surface area contributed by atoms with Crippen LogP contribution < -0.4 is 11.5 Å². The van der Waals surface area contributed by atoms with E-state index in [2.05, 4.69) is 19.9 Å². The van der Waals surface area contributed by atoms with Gasteiger partial charge in [0, 0.05) is 17.5 Å². The Morgan fingerprint density at radius 2 is 1.59 bits per heavy atom. The van der Waals surface area contributed by atoms with Gasteiger partial charge < -0.3 is 16.6 Å². The molecule has 11 heteroatoms. The molecule has 3 heterocycles. The van der Waals surface area contributed by atoms with Gasteiger partial charge in [-0.05, 0) is 37.6 Å². The van der Waals surface area contributed by atoms with Crippen molar-refractivity contribution in [2.45, 2.75) is 13.8 Å². The Hall–Kier alpha value is -2.42. The summed E-state index contributed by atoms with van der Waals surface area (Å²) in [4.78, 5) is 16.2. The van der Waals surface area contributed by atoms with Crippen molar-refractivity contribution in [3.63, 3.8) is 0 Å². The number of aromatic nitrogens is 4. The predicted octanol–water partition coefficient (Wildman–Crippen LogP) is 3.49. The van der Waals surface area contributed by atoms with Gasteiger partial charge in [0.1, 0.15) is 17.1 Å². The van der Waals surface area contributed by atoms with Crippen LogP contribution in [-0.4, -0.2) is 25.0 Å². The van der Waals surface area contributed by atoms with Crippen molar-refractivity contribution in [1.29, 1.82) is 0 Å². The zero-order valence-electron chi connectivity index (χ0n) is 14.3. The standard InChI is InChI=1S/C16H15FN6O.3ClH/c1-7-8(2)21-16(19)23-13(7)14-11(24)4-3-10(22-14)9-5-6-20-15(18)12(9)17;;;/h3-6,24H,1-2H3,(H2,18,20)(H2,19,21,23);3*1H. The van der Waals surface area contributed by atoms with Gasteiger partial charge in [0.05, 0.1) is 5.69 Å². The third-order valence-electron chi connectivity index (χ3n) is 3.70. The lowest BCUT2D eigenvalue weighted by molar-refractivity contribution is 0.475. The molecule has 0 saturated carbocycles. The molecule has 7 nitrogen and oxygen atoms in total. The lowest BCUT2D eigenvalue weighted by Crippen LogP contribution is -2.04. The molecule has 146 valence electrons. The minimum atomic E-state index is -0.670. The summed E-state index contributed by atoms with van der Waals surface area (Å²) in [5.41, 5.74) is 13.6. The molecule has 0 fully saturated rings. The summed E-state index contributed by atoms with van der Waals surface area (Å²) in [5.74, 6) is -0.917. The molecule has 0 saturated heterocycles. The van der Waals surface area contributed by atoms with E-state index in [1.54, 1.807) is 13.8 Å². The monoisotopic (exact) mass is 434 g/mol. The smallest absolute Gasteiger partial charge is 0.220 e. The molecule has 0 amide bonds. The number of aromatic hydroxyl groups is 1. The number of nitrogens with two attached hydrogens (primary N) is 2. The number of rotatable bonds is 2. The lowest BCUT2D eigenvalue weighted by atomic mass is 10.1. The molecular formula is C16H18Cl3FN6O. The van der Waals surface area contributed by atoms with Gasteiger partial charge in [-0.25, -0.2) is 24.3 Å². The first kappa shape index (κ1) is 24.6. The van der Waals surface area contributed by atoms with Crippen molar-refractivity contribution in [3.05, 3.63) is 41.5 Å². The van der Waals surface area contributed by atoms with Gasteiger partial charge in [-0.15, -0.1) is 37.2 Å². The number of aryl methyl sites for hydroxylation is 1. The SMILES string of the molecule is Cc1nc(N)nc(-c2nc(-c3ccnc(N)c3F)ccc2O)c1C.Cl.Cl.Cl. The van der Waals surface area contributed by atoms with Gasteiger partial charge in [0.2, 0.25) is 5.95 Å². The van der Waals surface area contributed by atoms with Gasteiger partial charge in [-0.2, -0.15) is 0 Å². The molecule has 5 N–H and O–H groups in total. The molecule has 0 aliphatic heterocycles. The first-order valence-corrected chi connectivity index (χ1v) is 7.10. The highest BCUT2D eigenvalue weighted by molar-refractivity contribution is 5.86. The van der Waals surface area contributed by atoms with Crippen molar-refractivity contribution in [1.82, 2.24) is 19.9 Å². The van der Waals surface area contributed by atoms with Gasteiger partial charge in [0.15, 0.2) is 11.6 Å². The second kappa shape index (κ2) is 9.50. The maximum absolute atomic E-state index is 14.2. The maximum Gasteiger partial charge on any atom is 0.220 e. The van der Waals surface area contributed by atoms with Crippen LogP contribution in [0, 0.1) is 19.7 Å². The Labute approximate surface area is 173 Å². The fourth-order valence-corrected chi connectivity index (χ4v) is 2.31. The predicted molar refractivity (Wildman–Crippen MR) is 110 cm³/mol. The Balaban J connectivity index is 0.00000225. The lowest BCUT2D eigenvalue weighted by Gasteiger charge is -2.11. The zero-order chi connectivity index (χ0) is 17.4. The molecule has 0 aliphatic rings. The molecule has 0 atom stereocenters. The second-order valence-corrected chi connectivity index (χ2v) is 5.26. The largest absolute Gasteiger partial charge is 0.506 e. The van der Waals surface area contributed by atoms with Crippen LogP contribution in [0.3, 0.4) is 0 Å². The van der Waals surface area contributed by atoms with Crippen molar-refractivity contribution >= 4 is 49.0 Å². The molecule has 0 radical (unpaired) electrons. The summed E-state index contributed by atoms with van der Waals surface area (Å²) >= 11 is 0. The van der Waals surface area contributed by atoms with Gasteiger partial charge >= 0.3 is 0 Å². The molecule has 3 rings (SSSR count). The molecule has 0 unspecified atom stereocenters. The van der Waals surface area contributed by atoms with Crippen LogP contribution in [0.1, 0.15) is 11.3 Å². The van der Waals surface area contributed by atoms with Crippen LogP contribution in [0.25, 0.3) is 22.6 Å². The van der Waals surface area contributed by atoms with Crippen LogP contribution in [0.2, 0.25) is 0 Å². The summed E-state index contributed by atoms with van der Waals surface area (Å²) in [7, 11) is 0. The van der Waals surface area contributed by atoms with E-state index in [-0.39, 0.29) is 66.0 Å². The maximum atomic E-state index is 14.2. The summed E-state index contributed by atoms with van der Waals surface area (Å²) in [6, 6.07) is 4.37. The summed E-state index contributed by atoms with van der Waals surface area (Å²) in [6.07, 6.45) is 1.39. The Bertz CT molecular complexity index is 958. The molecule has 0 aromatic carbocycles. The summed E-state index contributed by atoms with van der Waals surface area (Å²) < 4.78 is 14.2. The van der Waals surface area contributed by atoms with E-state index in [4.69, 9.17) is 11.5 Å². The quantitative estimate of drug-likeness (QED) is 0.563. The minimum absolute atomic E-state index is 0. The van der Waals surface area contributed by atoms with E-state index in [0.29, 0.717) is 17.1 Å². The normalized spacial score (nSPS) is 9.59. The van der Waals surface area contributed by atoms with Crippen LogP contribution in [-0.2, 0) is 0 Å². The van der Waals surface area contributed by atoms with Crippen LogP contribution in [0.4, 0.5) is 16.2 Å². The Kier molecular flexibility index (Phi) is 8.65. The highest BCUT2D eigenvalue weighted by atomic mass is 35.5. The first-order valence-electron chi connectivity index (χ1n) is 7.10. The average Bonchev–Trinajstić information content (AvgIpc) is 2.54. The van der Waals surface area contributed by atoms with Crippen molar-refractivity contribution in [3.8, 4) is 28.4 Å². The van der Waals surface area contributed by atoms with E-state index in [1.165, 1.54) is 24.4 Å². The van der Waals surface area contributed by atoms with E-state index < -0.39 is 5.82 Å². The first-order chi connectivity index (χ1) is 11.4. The zero-order valence-corrected chi connectivity index (χ0v) is 16.8. The fourth-order valence-electron chi connectivity index (χ4n) is 2.31. The van der Waals surface area contributed by atoms with Crippen LogP contribution >= 0.6 is 37.2 Å². The third-order valence-corrected chi connectivity index (χ3v) is 3.70. The number of halogens is 4. The highest BCUT2D eigenvalue weighted by Gasteiger charge is 2.17. The number of hydrogen-bond donors (Lipinski definition) is 3. The third kappa shape index (κ3) is 4.65. The topological polar surface area (TPSA) is 124 Å². The molecule has 3 aromatic heterocycles. The van der Waals surface area contributed by atoms with E-state index in [1.807, 2.05) is 0 Å². The number of nitrogens with zero attached hydrogens (tertiary/aromatic N) is 4. The summed E-state index contributed by atoms with van der Waals surface area (Å²) in [6.45, 7) is 3.57. The number of anilines is 2. The number of hydrogen-bond acceptors (Lipinski definition) is 7. The molecule has 0 bridgehead atoms. The molecule has 27 heavy (non-hydrogen) atoms. The van der Waals surface area contributed by atoms with Gasteiger partial charge in [0.25, 0.3) is 0 Å². The minimum Gasteiger partial charge on any atom is -0.506 e. The molecule has 0 aliphatic carbocycles. The summed E-state index contributed by atoms with van der Waals surface area (Å²) in [5, 5.41) is 10.2. The fraction of sp³-hybridized carbons (Fsp3) is 0.125. The van der Waals surface area contributed by atoms with Gasteiger partial charge in [-0.1, -0.05) is 0 Å². The van der Waals surface area contributed by atoms with Crippen LogP contribution in [0.15, 0.2) is 24.4 Å². The van der Waals surface area contributed by atoms with Crippen molar-refractivity contribution in [2.24, 2.45) is 0 Å². The number of nitrogen functional groups attached to an aromatic ring is 2. The van der Waals surface area contributed by atoms with Crippen molar-refractivity contribution in [2.75, 3.05) is 11.5 Å². The molecule has 0 spiro atoms. The molecule has 3 aromatic rings. The van der Waals surface area contributed by atoms with E-state index in [0.717, 1.165) is 5.56 Å². The second-order valence-electron chi connectivity index (χ2n) is 5.26. The molecular weight excluding hydrogens is 418 g/mol. The highest BCUT2D eigenvalue weighted by Crippen LogP contribution is 2.33. The van der Waals surface area contributed by atoms with E-state index in [9.17, 15) is 9.50 Å². The average molecular weight is 436 g/mol. The van der Waals surface area contributed by atoms with Crippen molar-refractivity contribution < 1.29 is 9.50 Å². The van der Waals surface area contributed by atoms with E-state index >= 15 is 0 Å².